The first kappa shape index (κ1) is 20.1. The Labute approximate surface area is 162 Å². The molecule has 1 aliphatic carbocycles. The monoisotopic (exact) mass is 394 g/mol. The molecule has 1 aromatic carbocycles. The molecule has 150 valence electrons. The van der Waals surface area contributed by atoms with E-state index in [1.807, 2.05) is 0 Å². The number of carbonyl (C=O) groups excluding carboxylic acids is 1. The van der Waals surface area contributed by atoms with Crippen molar-refractivity contribution in [2.75, 3.05) is 13.7 Å². The van der Waals surface area contributed by atoms with Crippen molar-refractivity contribution < 1.29 is 17.9 Å². The van der Waals surface area contributed by atoms with Crippen LogP contribution in [0.4, 0.5) is 0 Å². The standard InChI is InChI=1S/C20H30N2O4S/c1-14-12-17(26-3)13-15(2)19(14)27(24,25)22-11-7-10-18(22)20(23)21-16-8-5-4-6-9-16/h12-13,16,18H,4-11H2,1-3H3,(H,21,23)/t18-/m0/s1. The van der Waals surface area contributed by atoms with Gasteiger partial charge in [-0.2, -0.15) is 4.31 Å². The van der Waals surface area contributed by atoms with Gasteiger partial charge in [0.1, 0.15) is 11.8 Å². The molecule has 27 heavy (non-hydrogen) atoms. The lowest BCUT2D eigenvalue weighted by molar-refractivity contribution is -0.125. The van der Waals surface area contributed by atoms with Crippen molar-refractivity contribution in [3.63, 3.8) is 0 Å². The van der Waals surface area contributed by atoms with E-state index in [2.05, 4.69) is 5.32 Å². The van der Waals surface area contributed by atoms with Crippen LogP contribution in [0.3, 0.4) is 0 Å². The van der Waals surface area contributed by atoms with Crippen LogP contribution >= 0.6 is 0 Å². The summed E-state index contributed by atoms with van der Waals surface area (Å²) < 4.78 is 33.4. The van der Waals surface area contributed by atoms with Crippen LogP contribution in [-0.4, -0.2) is 44.4 Å². The number of hydrogen-bond acceptors (Lipinski definition) is 4. The van der Waals surface area contributed by atoms with E-state index in [-0.39, 0.29) is 11.9 Å². The number of sulfonamides is 1. The SMILES string of the molecule is COc1cc(C)c(S(=O)(=O)N2CCC[C@H]2C(=O)NC2CCCCC2)c(C)c1. The molecule has 3 rings (SSSR count). The fraction of sp³-hybridized carbons (Fsp3) is 0.650. The molecule has 6 nitrogen and oxygen atoms in total. The summed E-state index contributed by atoms with van der Waals surface area (Å²) in [7, 11) is -2.18. The number of nitrogens with one attached hydrogen (secondary N) is 1. The molecule has 1 saturated carbocycles. The second-order valence-electron chi connectivity index (χ2n) is 7.71. The van der Waals surface area contributed by atoms with Crippen molar-refractivity contribution in [1.29, 1.82) is 0 Å². The number of methoxy groups -OCH3 is 1. The van der Waals surface area contributed by atoms with Crippen LogP contribution in [-0.2, 0) is 14.8 Å². The minimum atomic E-state index is -3.74. The third-order valence-electron chi connectivity index (χ3n) is 5.69. The smallest absolute Gasteiger partial charge is 0.244 e. The summed E-state index contributed by atoms with van der Waals surface area (Å²) in [6.07, 6.45) is 6.72. The Kier molecular flexibility index (Phi) is 6.11. The van der Waals surface area contributed by atoms with Gasteiger partial charge in [0.2, 0.25) is 15.9 Å². The van der Waals surface area contributed by atoms with Gasteiger partial charge in [-0.25, -0.2) is 8.42 Å². The minimum absolute atomic E-state index is 0.146. The van der Waals surface area contributed by atoms with Crippen molar-refractivity contribution in [2.45, 2.75) is 75.8 Å². The Hall–Kier alpha value is -1.60. The van der Waals surface area contributed by atoms with E-state index in [1.54, 1.807) is 33.1 Å². The Morgan fingerprint density at radius 1 is 1.07 bits per heavy atom. The van der Waals surface area contributed by atoms with Gasteiger partial charge in [0.05, 0.1) is 12.0 Å². The first-order valence-electron chi connectivity index (χ1n) is 9.82. The van der Waals surface area contributed by atoms with Gasteiger partial charge >= 0.3 is 0 Å². The third-order valence-corrected chi connectivity index (χ3v) is 7.91. The second-order valence-corrected chi connectivity index (χ2v) is 9.54. The average molecular weight is 395 g/mol. The molecular weight excluding hydrogens is 364 g/mol. The highest BCUT2D eigenvalue weighted by Gasteiger charge is 2.41. The maximum absolute atomic E-state index is 13.4. The predicted octanol–water partition coefficient (Wildman–Crippen LogP) is 2.91. The molecule has 7 heteroatoms. The number of rotatable bonds is 5. The number of nitrogens with zero attached hydrogens (tertiary/aromatic N) is 1. The van der Waals surface area contributed by atoms with E-state index in [9.17, 15) is 13.2 Å². The van der Waals surface area contributed by atoms with Gasteiger partial charge in [0.25, 0.3) is 0 Å². The maximum atomic E-state index is 13.4. The maximum Gasteiger partial charge on any atom is 0.244 e. The fourth-order valence-corrected chi connectivity index (χ4v) is 6.46. The van der Waals surface area contributed by atoms with E-state index in [0.29, 0.717) is 41.2 Å². The lowest BCUT2D eigenvalue weighted by atomic mass is 9.95. The van der Waals surface area contributed by atoms with Gasteiger partial charge in [0, 0.05) is 12.6 Å². The first-order chi connectivity index (χ1) is 12.8. The molecule has 0 bridgehead atoms. The van der Waals surface area contributed by atoms with Crippen LogP contribution in [0.1, 0.15) is 56.1 Å². The van der Waals surface area contributed by atoms with Crippen LogP contribution in [0.15, 0.2) is 17.0 Å². The van der Waals surface area contributed by atoms with Crippen molar-refractivity contribution in [1.82, 2.24) is 9.62 Å². The van der Waals surface area contributed by atoms with Crippen molar-refractivity contribution in [3.05, 3.63) is 23.3 Å². The number of benzene rings is 1. The molecule has 1 amide bonds. The summed E-state index contributed by atoms with van der Waals surface area (Å²) in [5.74, 6) is 0.490. The van der Waals surface area contributed by atoms with Crippen molar-refractivity contribution in [3.8, 4) is 5.75 Å². The van der Waals surface area contributed by atoms with Gasteiger partial charge < -0.3 is 10.1 Å². The Bertz CT molecular complexity index is 777. The van der Waals surface area contributed by atoms with Crippen LogP contribution < -0.4 is 10.1 Å². The fourth-order valence-electron chi connectivity index (χ4n) is 4.39. The summed E-state index contributed by atoms with van der Waals surface area (Å²) in [6.45, 7) is 3.93. The van der Waals surface area contributed by atoms with Crippen molar-refractivity contribution in [2.24, 2.45) is 0 Å². The third kappa shape index (κ3) is 4.14. The molecule has 1 aromatic rings. The van der Waals surface area contributed by atoms with Crippen LogP contribution in [0.2, 0.25) is 0 Å². The molecule has 0 spiro atoms. The quantitative estimate of drug-likeness (QED) is 0.833. The molecule has 2 aliphatic rings. The molecule has 1 atom stereocenters. The average Bonchev–Trinajstić information content (AvgIpc) is 3.12. The summed E-state index contributed by atoms with van der Waals surface area (Å²) in [4.78, 5) is 13.1. The summed E-state index contributed by atoms with van der Waals surface area (Å²) in [5.41, 5.74) is 1.29. The molecular formula is C20H30N2O4S. The number of carbonyl (C=O) groups is 1. The molecule has 2 fully saturated rings. The highest BCUT2D eigenvalue weighted by molar-refractivity contribution is 7.89. The lowest BCUT2D eigenvalue weighted by Gasteiger charge is -2.28. The first-order valence-corrected chi connectivity index (χ1v) is 11.3. The van der Waals surface area contributed by atoms with Crippen molar-refractivity contribution >= 4 is 15.9 Å². The Morgan fingerprint density at radius 3 is 2.30 bits per heavy atom. The largest absolute Gasteiger partial charge is 0.497 e. The number of ether oxygens (including phenoxy) is 1. The zero-order valence-electron chi connectivity index (χ0n) is 16.5. The Morgan fingerprint density at radius 2 is 1.70 bits per heavy atom. The molecule has 1 N–H and O–H groups in total. The van der Waals surface area contributed by atoms with E-state index < -0.39 is 16.1 Å². The van der Waals surface area contributed by atoms with Gasteiger partial charge in [-0.05, 0) is 62.8 Å². The minimum Gasteiger partial charge on any atom is -0.497 e. The number of hydrogen-bond donors (Lipinski definition) is 1. The van der Waals surface area contributed by atoms with E-state index in [4.69, 9.17) is 4.74 Å². The zero-order chi connectivity index (χ0) is 19.6. The molecule has 0 aromatic heterocycles. The van der Waals surface area contributed by atoms with Gasteiger partial charge in [-0.3, -0.25) is 4.79 Å². The predicted molar refractivity (Wildman–Crippen MR) is 104 cm³/mol. The zero-order valence-corrected chi connectivity index (χ0v) is 17.3. The summed E-state index contributed by atoms with van der Waals surface area (Å²) in [5, 5.41) is 3.10. The normalized spacial score (nSPS) is 22.0. The molecule has 1 heterocycles. The van der Waals surface area contributed by atoms with E-state index in [0.717, 1.165) is 25.7 Å². The number of amides is 1. The molecule has 0 radical (unpaired) electrons. The highest BCUT2D eigenvalue weighted by Crippen LogP contribution is 2.32. The van der Waals surface area contributed by atoms with Gasteiger partial charge in [0.15, 0.2) is 0 Å². The Balaban J connectivity index is 1.84. The number of aryl methyl sites for hydroxylation is 2. The van der Waals surface area contributed by atoms with Gasteiger partial charge in [-0.15, -0.1) is 0 Å². The van der Waals surface area contributed by atoms with Crippen LogP contribution in [0.25, 0.3) is 0 Å². The van der Waals surface area contributed by atoms with E-state index >= 15 is 0 Å². The van der Waals surface area contributed by atoms with Crippen LogP contribution in [0.5, 0.6) is 5.75 Å². The van der Waals surface area contributed by atoms with E-state index in [1.165, 1.54) is 10.7 Å². The second kappa shape index (κ2) is 8.19. The summed E-state index contributed by atoms with van der Waals surface area (Å²) in [6, 6.07) is 3.03. The topological polar surface area (TPSA) is 75.7 Å². The molecule has 0 unspecified atom stereocenters. The lowest BCUT2D eigenvalue weighted by Crippen LogP contribution is -2.49. The van der Waals surface area contributed by atoms with Crippen LogP contribution in [0, 0.1) is 13.8 Å². The highest BCUT2D eigenvalue weighted by atomic mass is 32.2. The molecule has 1 aliphatic heterocycles. The molecule has 1 saturated heterocycles. The van der Waals surface area contributed by atoms with Gasteiger partial charge in [-0.1, -0.05) is 19.3 Å². The summed E-state index contributed by atoms with van der Waals surface area (Å²) >= 11 is 0.